The summed E-state index contributed by atoms with van der Waals surface area (Å²) in [6.07, 6.45) is -3.58. The van der Waals surface area contributed by atoms with Crippen LogP contribution in [0, 0.1) is 0 Å². The Morgan fingerprint density at radius 2 is 2.14 bits per heavy atom. The average molecular weight is 208 g/mol. The van der Waals surface area contributed by atoms with Crippen molar-refractivity contribution in [1.29, 1.82) is 0 Å². The van der Waals surface area contributed by atoms with Crippen LogP contribution in [-0.4, -0.2) is 21.9 Å². The summed E-state index contributed by atoms with van der Waals surface area (Å²) in [5.41, 5.74) is -0.649. The second kappa shape index (κ2) is 3.48. The highest BCUT2D eigenvalue weighted by Gasteiger charge is 2.41. The van der Waals surface area contributed by atoms with Gasteiger partial charge in [-0.05, 0) is 0 Å². The molecule has 76 valence electrons. The zero-order valence-electron chi connectivity index (χ0n) is 6.49. The monoisotopic (exact) mass is 208 g/mol. The van der Waals surface area contributed by atoms with Gasteiger partial charge in [0, 0.05) is 6.07 Å². The number of rotatable bonds is 1. The van der Waals surface area contributed by atoms with E-state index in [1.807, 2.05) is 0 Å². The summed E-state index contributed by atoms with van der Waals surface area (Å²) in [4.78, 5) is 27.5. The topological polar surface area (TPSA) is 61.2 Å². The van der Waals surface area contributed by atoms with E-state index in [9.17, 15) is 22.8 Å². The molecule has 1 heterocycles. The first-order valence-corrected chi connectivity index (χ1v) is 3.23. The summed E-state index contributed by atoms with van der Waals surface area (Å²) in [6, 6.07) is 0.851. The van der Waals surface area contributed by atoms with Crippen LogP contribution in [0.1, 0.15) is 0 Å². The van der Waals surface area contributed by atoms with Crippen molar-refractivity contribution >= 4 is 5.97 Å². The molecule has 0 aliphatic heterocycles. The van der Waals surface area contributed by atoms with E-state index in [4.69, 9.17) is 0 Å². The van der Waals surface area contributed by atoms with Crippen LogP contribution in [0.4, 0.5) is 13.2 Å². The molecule has 0 unspecified atom stereocenters. The van der Waals surface area contributed by atoms with Crippen LogP contribution in [0.3, 0.4) is 0 Å². The van der Waals surface area contributed by atoms with E-state index in [1.165, 1.54) is 0 Å². The number of aromatic nitrogens is 2. The number of nitrogens with zero attached hydrogens (tertiary/aromatic N) is 2. The number of carbonyl (C=O) groups excluding carboxylic acids is 1. The minimum atomic E-state index is -5.08. The summed E-state index contributed by atoms with van der Waals surface area (Å²) >= 11 is 0. The van der Waals surface area contributed by atoms with E-state index in [0.717, 1.165) is 12.3 Å². The van der Waals surface area contributed by atoms with Crippen LogP contribution in [0.25, 0.3) is 0 Å². The number of carbonyl (C=O) groups is 1. The second-order valence-electron chi connectivity index (χ2n) is 2.13. The fourth-order valence-corrected chi connectivity index (χ4v) is 0.534. The zero-order valence-corrected chi connectivity index (χ0v) is 6.49. The Kier molecular flexibility index (Phi) is 2.54. The van der Waals surface area contributed by atoms with Crippen molar-refractivity contribution in [3.8, 4) is 0 Å². The lowest BCUT2D eigenvalue weighted by molar-refractivity contribution is -0.200. The van der Waals surface area contributed by atoms with Crippen molar-refractivity contribution in [2.45, 2.75) is 6.18 Å². The van der Waals surface area contributed by atoms with Crippen molar-refractivity contribution in [3.63, 3.8) is 0 Å². The van der Waals surface area contributed by atoms with Crippen LogP contribution in [-0.2, 0) is 4.79 Å². The van der Waals surface area contributed by atoms with Gasteiger partial charge in [0.2, 0.25) is 0 Å². The minimum Gasteiger partial charge on any atom is -0.327 e. The highest BCUT2D eigenvalue weighted by atomic mass is 19.4. The van der Waals surface area contributed by atoms with Crippen molar-refractivity contribution < 1.29 is 22.8 Å². The lowest BCUT2D eigenvalue weighted by atomic mass is 10.7. The Hall–Kier alpha value is -1.86. The number of hydrogen-bond acceptors (Lipinski definition) is 4. The highest BCUT2D eigenvalue weighted by molar-refractivity contribution is 5.75. The van der Waals surface area contributed by atoms with Gasteiger partial charge >= 0.3 is 12.1 Å². The predicted octanol–water partition coefficient (Wildman–Crippen LogP) is -0.239. The highest BCUT2D eigenvalue weighted by Crippen LogP contribution is 2.14. The smallest absolute Gasteiger partial charge is 0.327 e. The molecule has 14 heavy (non-hydrogen) atoms. The van der Waals surface area contributed by atoms with Gasteiger partial charge in [-0.25, -0.2) is 4.79 Å². The summed E-state index contributed by atoms with van der Waals surface area (Å²) in [6.45, 7) is 0. The van der Waals surface area contributed by atoms with Crippen molar-refractivity contribution in [1.82, 2.24) is 9.71 Å². The van der Waals surface area contributed by atoms with Crippen LogP contribution >= 0.6 is 0 Å². The van der Waals surface area contributed by atoms with E-state index >= 15 is 0 Å². The summed E-state index contributed by atoms with van der Waals surface area (Å²) in [5.74, 6) is -2.39. The van der Waals surface area contributed by atoms with Gasteiger partial charge in [-0.1, -0.05) is 0 Å². The number of alkyl halides is 3. The molecule has 0 N–H and O–H groups in total. The predicted molar refractivity (Wildman–Crippen MR) is 36.1 cm³/mol. The van der Waals surface area contributed by atoms with Crippen molar-refractivity contribution in [2.24, 2.45) is 0 Å². The van der Waals surface area contributed by atoms with E-state index < -0.39 is 17.7 Å². The third-order valence-electron chi connectivity index (χ3n) is 1.08. The molecule has 1 aromatic heterocycles. The van der Waals surface area contributed by atoms with E-state index in [0.29, 0.717) is 11.1 Å². The Labute approximate surface area is 74.7 Å². The lowest BCUT2D eigenvalue weighted by Gasteiger charge is -2.06. The van der Waals surface area contributed by atoms with E-state index in [2.05, 4.69) is 9.82 Å². The van der Waals surface area contributed by atoms with Gasteiger partial charge in [-0.2, -0.15) is 22.9 Å². The first kappa shape index (κ1) is 10.2. The standard InChI is InChI=1S/C6H3F3N2O3/c7-6(8,9)5(13)14-11-2-1-4(12)10-3-11/h1-3H. The molecule has 0 aromatic carbocycles. The van der Waals surface area contributed by atoms with Crippen LogP contribution in [0.2, 0.25) is 0 Å². The summed E-state index contributed by atoms with van der Waals surface area (Å²) in [5, 5.41) is 0. The van der Waals surface area contributed by atoms with Crippen LogP contribution in [0.15, 0.2) is 23.4 Å². The normalized spacial score (nSPS) is 11.1. The Morgan fingerprint density at radius 1 is 1.50 bits per heavy atom. The molecule has 0 aliphatic rings. The maximum Gasteiger partial charge on any atom is 0.493 e. The molecule has 0 saturated heterocycles. The molecule has 5 nitrogen and oxygen atoms in total. The Bertz CT molecular complexity index is 378. The second-order valence-corrected chi connectivity index (χ2v) is 2.13. The Morgan fingerprint density at radius 3 is 2.57 bits per heavy atom. The molecule has 0 amide bonds. The van der Waals surface area contributed by atoms with E-state index in [1.54, 1.807) is 0 Å². The SMILES string of the molecule is O=C(On1ccc(=O)nc1)C(F)(F)F. The molecule has 0 atom stereocenters. The molecule has 0 bridgehead atoms. The molecule has 0 saturated carbocycles. The van der Waals surface area contributed by atoms with Gasteiger partial charge in [-0.15, -0.1) is 0 Å². The largest absolute Gasteiger partial charge is 0.493 e. The van der Waals surface area contributed by atoms with Gasteiger partial charge in [0.1, 0.15) is 6.33 Å². The van der Waals surface area contributed by atoms with Crippen LogP contribution in [0.5, 0.6) is 0 Å². The maximum absolute atomic E-state index is 11.6. The molecule has 0 aliphatic carbocycles. The van der Waals surface area contributed by atoms with Crippen molar-refractivity contribution in [3.05, 3.63) is 28.9 Å². The van der Waals surface area contributed by atoms with E-state index in [-0.39, 0.29) is 0 Å². The fraction of sp³-hybridized carbons (Fsp3) is 0.167. The molecular weight excluding hydrogens is 205 g/mol. The number of halogens is 3. The number of hydrogen-bond donors (Lipinski definition) is 0. The third kappa shape index (κ3) is 2.57. The third-order valence-corrected chi connectivity index (χ3v) is 1.08. The van der Waals surface area contributed by atoms with Gasteiger partial charge in [0.25, 0.3) is 5.56 Å². The minimum absolute atomic E-state index is 0.386. The Balaban J connectivity index is 2.75. The quantitative estimate of drug-likeness (QED) is 0.639. The summed E-state index contributed by atoms with van der Waals surface area (Å²) in [7, 11) is 0. The first-order chi connectivity index (χ1) is 6.39. The summed E-state index contributed by atoms with van der Waals surface area (Å²) < 4.78 is 35.3. The molecule has 8 heteroatoms. The van der Waals surface area contributed by atoms with Gasteiger partial charge in [0.05, 0.1) is 6.20 Å². The van der Waals surface area contributed by atoms with Gasteiger partial charge < -0.3 is 4.84 Å². The maximum atomic E-state index is 11.6. The molecule has 0 radical (unpaired) electrons. The zero-order chi connectivity index (χ0) is 10.8. The van der Waals surface area contributed by atoms with Gasteiger partial charge in [-0.3, -0.25) is 4.79 Å². The van der Waals surface area contributed by atoms with Gasteiger partial charge in [0.15, 0.2) is 0 Å². The lowest BCUT2D eigenvalue weighted by Crippen LogP contribution is -2.33. The molecular formula is C6H3F3N2O3. The van der Waals surface area contributed by atoms with Crippen LogP contribution < -0.4 is 10.4 Å². The molecule has 0 spiro atoms. The first-order valence-electron chi connectivity index (χ1n) is 3.23. The molecule has 1 rings (SSSR count). The molecule has 1 aromatic rings. The fourth-order valence-electron chi connectivity index (χ4n) is 0.534. The average Bonchev–Trinajstić information content (AvgIpc) is 2.07. The molecule has 0 fully saturated rings. The van der Waals surface area contributed by atoms with Crippen molar-refractivity contribution in [2.75, 3.05) is 0 Å².